The van der Waals surface area contributed by atoms with Crippen LogP contribution in [0.15, 0.2) is 36.4 Å². The van der Waals surface area contributed by atoms with Gasteiger partial charge in [0.15, 0.2) is 0 Å². The zero-order valence-corrected chi connectivity index (χ0v) is 14.2. The molecule has 0 saturated heterocycles. The minimum atomic E-state index is -0.124. The van der Waals surface area contributed by atoms with E-state index in [0.717, 1.165) is 26.8 Å². The summed E-state index contributed by atoms with van der Waals surface area (Å²) >= 11 is 8.11. The molecule has 0 saturated carbocycles. The molecule has 104 valence electrons. The lowest BCUT2D eigenvalue weighted by molar-refractivity contribution is 0.102. The Labute approximate surface area is 137 Å². The van der Waals surface area contributed by atoms with Crippen molar-refractivity contribution < 1.29 is 4.79 Å². The summed E-state index contributed by atoms with van der Waals surface area (Å²) in [5, 5.41) is 3.58. The van der Waals surface area contributed by atoms with E-state index in [2.05, 4.69) is 34.8 Å². The largest absolute Gasteiger partial charge is 0.321 e. The summed E-state index contributed by atoms with van der Waals surface area (Å²) < 4.78 is 0.885. The van der Waals surface area contributed by atoms with Gasteiger partial charge in [-0.1, -0.05) is 36.7 Å². The topological polar surface area (TPSA) is 29.1 Å². The smallest absolute Gasteiger partial charge is 0.256 e. The number of aryl methyl sites for hydroxylation is 2. The highest BCUT2D eigenvalue weighted by molar-refractivity contribution is 14.1. The maximum atomic E-state index is 12.4. The molecule has 0 heterocycles. The summed E-state index contributed by atoms with van der Waals surface area (Å²) in [5.74, 6) is -0.124. The van der Waals surface area contributed by atoms with Gasteiger partial charge in [-0.2, -0.15) is 0 Å². The summed E-state index contributed by atoms with van der Waals surface area (Å²) in [6.07, 6.45) is 0.879. The minimum absolute atomic E-state index is 0.124. The third-order valence-corrected chi connectivity index (χ3v) is 4.33. The molecule has 4 heteroatoms. The van der Waals surface area contributed by atoms with Gasteiger partial charge in [0, 0.05) is 14.3 Å². The summed E-state index contributed by atoms with van der Waals surface area (Å²) in [7, 11) is 0. The van der Waals surface area contributed by atoms with Crippen molar-refractivity contribution in [2.75, 3.05) is 5.32 Å². The summed E-state index contributed by atoms with van der Waals surface area (Å²) in [6.45, 7) is 4.07. The van der Waals surface area contributed by atoms with Gasteiger partial charge in [0.1, 0.15) is 0 Å². The van der Waals surface area contributed by atoms with E-state index in [1.807, 2.05) is 31.2 Å². The first-order chi connectivity index (χ1) is 9.52. The average Bonchev–Trinajstić information content (AvgIpc) is 2.43. The second kappa shape index (κ2) is 6.59. The normalized spacial score (nSPS) is 10.4. The number of hydrogen-bond donors (Lipinski definition) is 1. The van der Waals surface area contributed by atoms with E-state index in [4.69, 9.17) is 11.6 Å². The highest BCUT2D eigenvalue weighted by Crippen LogP contribution is 2.24. The number of halogens is 2. The highest BCUT2D eigenvalue weighted by atomic mass is 127. The van der Waals surface area contributed by atoms with E-state index in [0.29, 0.717) is 10.6 Å². The van der Waals surface area contributed by atoms with Gasteiger partial charge in [-0.15, -0.1) is 0 Å². The molecule has 0 unspecified atom stereocenters. The minimum Gasteiger partial charge on any atom is -0.321 e. The molecule has 0 aromatic heterocycles. The molecule has 1 amide bonds. The highest BCUT2D eigenvalue weighted by Gasteiger charge is 2.13. The Morgan fingerprint density at radius 1 is 1.30 bits per heavy atom. The summed E-state index contributed by atoms with van der Waals surface area (Å²) in [5.41, 5.74) is 3.70. The first-order valence-electron chi connectivity index (χ1n) is 6.37. The van der Waals surface area contributed by atoms with Crippen LogP contribution in [0.4, 0.5) is 5.69 Å². The van der Waals surface area contributed by atoms with E-state index in [9.17, 15) is 4.79 Å². The van der Waals surface area contributed by atoms with Crippen LogP contribution in [0, 0.1) is 10.5 Å². The van der Waals surface area contributed by atoms with Crippen LogP contribution in [-0.2, 0) is 6.42 Å². The molecule has 0 radical (unpaired) electrons. The van der Waals surface area contributed by atoms with E-state index >= 15 is 0 Å². The molecule has 2 aromatic carbocycles. The molecule has 0 spiro atoms. The van der Waals surface area contributed by atoms with Gasteiger partial charge in [0.25, 0.3) is 5.91 Å². The molecule has 1 N–H and O–H groups in total. The maximum absolute atomic E-state index is 12.4. The van der Waals surface area contributed by atoms with E-state index in [1.54, 1.807) is 12.1 Å². The van der Waals surface area contributed by atoms with Crippen LogP contribution < -0.4 is 5.32 Å². The fourth-order valence-corrected chi connectivity index (χ4v) is 2.81. The number of hydrogen-bond acceptors (Lipinski definition) is 1. The fourth-order valence-electron chi connectivity index (χ4n) is 2.05. The van der Waals surface area contributed by atoms with E-state index in [1.165, 1.54) is 0 Å². The maximum Gasteiger partial charge on any atom is 0.256 e. The van der Waals surface area contributed by atoms with Crippen LogP contribution in [0.2, 0.25) is 5.02 Å². The van der Waals surface area contributed by atoms with Crippen molar-refractivity contribution in [2.24, 2.45) is 0 Å². The van der Waals surface area contributed by atoms with Gasteiger partial charge in [0.2, 0.25) is 0 Å². The number of carbonyl (C=O) groups is 1. The van der Waals surface area contributed by atoms with Gasteiger partial charge in [-0.25, -0.2) is 0 Å². The predicted octanol–water partition coefficient (Wildman–Crippen LogP) is 5.07. The van der Waals surface area contributed by atoms with Gasteiger partial charge in [-0.05, 0) is 65.3 Å². The van der Waals surface area contributed by atoms with Crippen LogP contribution in [0.3, 0.4) is 0 Å². The zero-order valence-electron chi connectivity index (χ0n) is 11.3. The Morgan fingerprint density at radius 3 is 2.75 bits per heavy atom. The molecule has 0 aliphatic carbocycles. The third kappa shape index (κ3) is 3.33. The summed E-state index contributed by atoms with van der Waals surface area (Å²) in [4.78, 5) is 12.4. The molecule has 2 aromatic rings. The second-order valence-corrected chi connectivity index (χ2v) is 6.14. The van der Waals surface area contributed by atoms with Crippen molar-refractivity contribution in [3.05, 3.63) is 61.7 Å². The Kier molecular flexibility index (Phi) is 5.05. The Hall–Kier alpha value is -1.07. The van der Waals surface area contributed by atoms with E-state index < -0.39 is 0 Å². The number of para-hydroxylation sites is 1. The molecule has 0 bridgehead atoms. The van der Waals surface area contributed by atoms with Crippen LogP contribution in [0.1, 0.15) is 28.4 Å². The van der Waals surface area contributed by atoms with Crippen molar-refractivity contribution in [2.45, 2.75) is 20.3 Å². The Bertz CT molecular complexity index is 655. The van der Waals surface area contributed by atoms with Crippen molar-refractivity contribution >= 4 is 45.8 Å². The zero-order chi connectivity index (χ0) is 14.7. The third-order valence-electron chi connectivity index (χ3n) is 3.15. The number of benzene rings is 2. The number of anilines is 1. The molecule has 2 rings (SSSR count). The van der Waals surface area contributed by atoms with Gasteiger partial charge in [0.05, 0.1) is 5.56 Å². The number of carbonyl (C=O) groups excluding carboxylic acids is 1. The fraction of sp³-hybridized carbons (Fsp3) is 0.188. The SMILES string of the molecule is CCc1cccc(C)c1NC(=O)c1cc(Cl)ccc1I. The molecule has 20 heavy (non-hydrogen) atoms. The molecule has 0 atom stereocenters. The number of nitrogens with one attached hydrogen (secondary N) is 1. The molecular formula is C16H15ClINO. The average molecular weight is 400 g/mol. The number of rotatable bonds is 3. The van der Waals surface area contributed by atoms with Crippen LogP contribution in [0.25, 0.3) is 0 Å². The lowest BCUT2D eigenvalue weighted by Crippen LogP contribution is -2.15. The Morgan fingerprint density at radius 2 is 2.05 bits per heavy atom. The standard InChI is InChI=1S/C16H15ClINO/c1-3-11-6-4-5-10(2)15(11)19-16(20)13-9-12(17)7-8-14(13)18/h4-9H,3H2,1-2H3,(H,19,20). The first kappa shape index (κ1) is 15.3. The molecule has 0 fully saturated rings. The quantitative estimate of drug-likeness (QED) is 0.718. The molecule has 0 aliphatic heterocycles. The van der Waals surface area contributed by atoms with Gasteiger partial charge >= 0.3 is 0 Å². The Balaban J connectivity index is 2.35. The van der Waals surface area contributed by atoms with Gasteiger partial charge < -0.3 is 5.32 Å². The van der Waals surface area contributed by atoms with Crippen LogP contribution >= 0.6 is 34.2 Å². The first-order valence-corrected chi connectivity index (χ1v) is 7.83. The monoisotopic (exact) mass is 399 g/mol. The van der Waals surface area contributed by atoms with Crippen LogP contribution in [-0.4, -0.2) is 5.91 Å². The van der Waals surface area contributed by atoms with Crippen molar-refractivity contribution in [3.63, 3.8) is 0 Å². The lowest BCUT2D eigenvalue weighted by Gasteiger charge is -2.13. The number of amides is 1. The van der Waals surface area contributed by atoms with E-state index in [-0.39, 0.29) is 5.91 Å². The van der Waals surface area contributed by atoms with Crippen LogP contribution in [0.5, 0.6) is 0 Å². The predicted molar refractivity (Wildman–Crippen MR) is 92.7 cm³/mol. The van der Waals surface area contributed by atoms with Crippen molar-refractivity contribution in [1.29, 1.82) is 0 Å². The van der Waals surface area contributed by atoms with Crippen molar-refractivity contribution in [3.8, 4) is 0 Å². The molecule has 0 aliphatic rings. The summed E-state index contributed by atoms with van der Waals surface area (Å²) in [6, 6.07) is 11.4. The molecular weight excluding hydrogens is 385 g/mol. The van der Waals surface area contributed by atoms with Gasteiger partial charge in [-0.3, -0.25) is 4.79 Å². The van der Waals surface area contributed by atoms with Crippen molar-refractivity contribution in [1.82, 2.24) is 0 Å². The molecule has 2 nitrogen and oxygen atoms in total. The lowest BCUT2D eigenvalue weighted by atomic mass is 10.1. The second-order valence-electron chi connectivity index (χ2n) is 4.54.